The molecule has 43 heavy (non-hydrogen) atoms. The van der Waals surface area contributed by atoms with Gasteiger partial charge in [0.15, 0.2) is 18.6 Å². The van der Waals surface area contributed by atoms with Gasteiger partial charge < -0.3 is 29.1 Å². The first kappa shape index (κ1) is 36.6. The fourth-order valence-electron chi connectivity index (χ4n) is 3.85. The zero-order valence-electron chi connectivity index (χ0n) is 24.9. The number of carbonyl (C=O) groups is 1. The van der Waals surface area contributed by atoms with Crippen molar-refractivity contribution >= 4 is 37.8 Å². The van der Waals surface area contributed by atoms with E-state index >= 15 is 0 Å². The number of hydrogen-bond donors (Lipinski definition) is 3. The van der Waals surface area contributed by atoms with Gasteiger partial charge in [-0.3, -0.25) is 13.7 Å². The smallest absolute Gasteiger partial charge is 0.367 e. The molecule has 0 aliphatic rings. The minimum absolute atomic E-state index is 0.00508. The molecule has 240 valence electrons. The average Bonchev–Trinajstić information content (AvgIpc) is 2.93. The summed E-state index contributed by atoms with van der Waals surface area (Å²) in [4.78, 5) is 24.9. The normalized spacial score (nSPS) is 13.4. The highest BCUT2D eigenvalue weighted by molar-refractivity contribution is 7.95. The maximum atomic E-state index is 14.5. The van der Waals surface area contributed by atoms with Gasteiger partial charge in [0.25, 0.3) is 0 Å². The Morgan fingerprint density at radius 2 is 1.86 bits per heavy atom. The van der Waals surface area contributed by atoms with Crippen molar-refractivity contribution in [3.63, 3.8) is 0 Å². The molecule has 1 aromatic carbocycles. The quantitative estimate of drug-likeness (QED) is 0.0599. The molecule has 0 bridgehead atoms. The topological polar surface area (TPSA) is 170 Å². The van der Waals surface area contributed by atoms with Crippen LogP contribution in [0.25, 0.3) is 17.3 Å². The molecular formula is C27H39FN3O10PS. The SMILES string of the molecule is CCOP(=O)(COc1cc(F)ccc1-c1nc(N(C)SOOC)nc(C(C)C)c1/C=C/[C@@H](O)C[C@@H](O)CC(=O)O)OCC. The highest BCUT2D eigenvalue weighted by Crippen LogP contribution is 2.49. The number of aromatic nitrogens is 2. The fourth-order valence-corrected chi connectivity index (χ4v) is 5.46. The first-order valence-corrected chi connectivity index (χ1v) is 15.9. The van der Waals surface area contributed by atoms with Crippen LogP contribution in [0.4, 0.5) is 10.3 Å². The van der Waals surface area contributed by atoms with E-state index in [1.807, 2.05) is 13.8 Å². The monoisotopic (exact) mass is 647 g/mol. The number of ether oxygens (including phenoxy) is 1. The molecule has 0 spiro atoms. The van der Waals surface area contributed by atoms with Crippen molar-refractivity contribution in [2.45, 2.75) is 58.7 Å². The van der Waals surface area contributed by atoms with Gasteiger partial charge in [-0.15, -0.1) is 4.33 Å². The number of nitrogens with zero attached hydrogens (tertiary/aromatic N) is 3. The van der Waals surface area contributed by atoms with Crippen molar-refractivity contribution in [3.8, 4) is 17.0 Å². The number of aliphatic carboxylic acids is 1. The highest BCUT2D eigenvalue weighted by atomic mass is 32.2. The molecule has 0 radical (unpaired) electrons. The van der Waals surface area contributed by atoms with E-state index in [9.17, 15) is 24.0 Å². The van der Waals surface area contributed by atoms with Gasteiger partial charge in [0.2, 0.25) is 5.95 Å². The van der Waals surface area contributed by atoms with Gasteiger partial charge in [0, 0.05) is 30.7 Å². The van der Waals surface area contributed by atoms with Gasteiger partial charge >= 0.3 is 13.6 Å². The molecular weight excluding hydrogens is 608 g/mol. The van der Waals surface area contributed by atoms with E-state index in [1.165, 1.54) is 29.6 Å². The molecule has 2 rings (SSSR count). The lowest BCUT2D eigenvalue weighted by Gasteiger charge is -2.22. The number of aliphatic hydroxyl groups is 2. The van der Waals surface area contributed by atoms with E-state index in [4.69, 9.17) is 23.2 Å². The molecule has 0 fully saturated rings. The molecule has 0 saturated carbocycles. The number of rotatable bonds is 19. The molecule has 0 unspecified atom stereocenters. The number of carboxylic acid groups (broad SMARTS) is 1. The molecule has 16 heteroatoms. The van der Waals surface area contributed by atoms with Crippen LogP contribution in [-0.2, 0) is 27.6 Å². The van der Waals surface area contributed by atoms with Crippen LogP contribution in [0.5, 0.6) is 5.75 Å². The first-order valence-electron chi connectivity index (χ1n) is 13.4. The Hall–Kier alpha value is -2.62. The minimum Gasteiger partial charge on any atom is -0.481 e. The molecule has 1 aromatic heterocycles. The van der Waals surface area contributed by atoms with E-state index in [1.54, 1.807) is 27.0 Å². The van der Waals surface area contributed by atoms with E-state index in [0.717, 1.165) is 18.3 Å². The van der Waals surface area contributed by atoms with Gasteiger partial charge in [-0.1, -0.05) is 26.0 Å². The van der Waals surface area contributed by atoms with Gasteiger partial charge in [-0.25, -0.2) is 19.2 Å². The Morgan fingerprint density at radius 1 is 1.19 bits per heavy atom. The number of anilines is 1. The fraction of sp³-hybridized carbons (Fsp3) is 0.519. The van der Waals surface area contributed by atoms with Crippen molar-refractivity contribution < 1.29 is 52.1 Å². The van der Waals surface area contributed by atoms with Crippen molar-refractivity contribution in [1.29, 1.82) is 0 Å². The minimum atomic E-state index is -3.67. The molecule has 0 amide bonds. The number of halogens is 1. The molecule has 3 N–H and O–H groups in total. The predicted octanol–water partition coefficient (Wildman–Crippen LogP) is 5.19. The summed E-state index contributed by atoms with van der Waals surface area (Å²) in [7, 11) is -0.692. The van der Waals surface area contributed by atoms with Crippen LogP contribution in [0.15, 0.2) is 24.3 Å². The zero-order valence-corrected chi connectivity index (χ0v) is 26.6. The molecule has 0 saturated heterocycles. The Labute approximate surface area is 254 Å². The van der Waals surface area contributed by atoms with Crippen LogP contribution in [-0.4, -0.2) is 77.2 Å². The lowest BCUT2D eigenvalue weighted by atomic mass is 9.96. The number of aliphatic hydroxyl groups excluding tert-OH is 2. The second kappa shape index (κ2) is 17.6. The largest absolute Gasteiger partial charge is 0.481 e. The maximum Gasteiger partial charge on any atom is 0.367 e. The Morgan fingerprint density at radius 3 is 2.44 bits per heavy atom. The maximum absolute atomic E-state index is 14.5. The number of carboxylic acids is 1. The number of hydrogen-bond acceptors (Lipinski definition) is 13. The van der Waals surface area contributed by atoms with E-state index in [0.29, 0.717) is 16.8 Å². The first-order chi connectivity index (χ1) is 20.3. The molecule has 13 nitrogen and oxygen atoms in total. The van der Waals surface area contributed by atoms with Crippen molar-refractivity contribution in [2.75, 3.05) is 38.0 Å². The standard InChI is InChI=1S/C27H39FN3O10PS/c1-7-39-42(36,40-8-2)16-38-23-13-18(28)9-11-21(23)26-22(12-10-19(32)14-20(33)15-24(34)35)25(17(3)4)29-27(30-26)31(5)43-41-37-6/h9-13,17,19-20,32-33H,7-8,14-16H2,1-6H3,(H,34,35)/b12-10+/t19-,20-/m1/s1. The van der Waals surface area contributed by atoms with E-state index < -0.39 is 44.4 Å². The molecule has 1 heterocycles. The third-order valence-corrected chi connectivity index (χ3v) is 7.97. The summed E-state index contributed by atoms with van der Waals surface area (Å²) in [5, 5.41) is 29.4. The predicted molar refractivity (Wildman–Crippen MR) is 160 cm³/mol. The molecule has 0 aliphatic carbocycles. The average molecular weight is 648 g/mol. The van der Waals surface area contributed by atoms with Crippen molar-refractivity contribution in [1.82, 2.24) is 9.97 Å². The Kier molecular flexibility index (Phi) is 15.0. The van der Waals surface area contributed by atoms with Gasteiger partial charge in [-0.2, -0.15) is 0 Å². The summed E-state index contributed by atoms with van der Waals surface area (Å²) in [6.45, 7) is 7.31. The summed E-state index contributed by atoms with van der Waals surface area (Å²) in [6.07, 6.45) is -0.795. The van der Waals surface area contributed by atoms with Crippen LogP contribution < -0.4 is 9.04 Å². The van der Waals surface area contributed by atoms with Gasteiger partial charge in [-0.05, 0) is 31.9 Å². The summed E-state index contributed by atoms with van der Waals surface area (Å²) in [6, 6.07) is 3.77. The second-order valence-corrected chi connectivity index (χ2v) is 12.2. The lowest BCUT2D eigenvalue weighted by Crippen LogP contribution is -2.19. The van der Waals surface area contributed by atoms with Crippen molar-refractivity contribution in [3.05, 3.63) is 41.3 Å². The van der Waals surface area contributed by atoms with Gasteiger partial charge in [0.05, 0.1) is 50.3 Å². The molecule has 2 atom stereocenters. The second-order valence-electron chi connectivity index (χ2n) is 9.41. The van der Waals surface area contributed by atoms with Crippen LogP contribution in [0.3, 0.4) is 0 Å². The summed E-state index contributed by atoms with van der Waals surface area (Å²) in [5.74, 6) is -1.81. The summed E-state index contributed by atoms with van der Waals surface area (Å²) in [5.41, 5.74) is 1.54. The summed E-state index contributed by atoms with van der Waals surface area (Å²) >= 11 is 0.812. The third kappa shape index (κ3) is 11.4. The van der Waals surface area contributed by atoms with E-state index in [-0.39, 0.29) is 42.9 Å². The molecule has 0 aliphatic heterocycles. The highest BCUT2D eigenvalue weighted by Gasteiger charge is 2.27. The lowest BCUT2D eigenvalue weighted by molar-refractivity contribution is -0.160. The zero-order chi connectivity index (χ0) is 32.2. The summed E-state index contributed by atoms with van der Waals surface area (Å²) < 4.78 is 50.5. The van der Waals surface area contributed by atoms with Crippen LogP contribution in [0.1, 0.15) is 57.7 Å². The van der Waals surface area contributed by atoms with Crippen LogP contribution in [0, 0.1) is 5.82 Å². The Bertz CT molecular complexity index is 1280. The third-order valence-electron chi connectivity index (χ3n) is 5.64. The molecule has 2 aromatic rings. The van der Waals surface area contributed by atoms with Gasteiger partial charge in [0.1, 0.15) is 11.6 Å². The van der Waals surface area contributed by atoms with E-state index in [2.05, 4.69) is 14.9 Å². The number of benzene rings is 1. The van der Waals surface area contributed by atoms with Crippen LogP contribution in [0.2, 0.25) is 0 Å². The van der Waals surface area contributed by atoms with Crippen molar-refractivity contribution in [2.24, 2.45) is 0 Å². The Balaban J connectivity index is 2.71. The van der Waals surface area contributed by atoms with Crippen LogP contribution >= 0.6 is 19.8 Å².